The van der Waals surface area contributed by atoms with Crippen molar-refractivity contribution in [3.8, 4) is 5.75 Å². The Labute approximate surface area is 219 Å². The standard InChI is InChI=1S/C29H33N3O4S/c1-22-14-15-27-26(18-22)32(37(34,35)25-12-4-2-5-13-25)21-28(36-27)29(33)30-19-23-10-6-7-11-24(23)20-31-16-8-3-9-17-31/h2,4-7,10-15,18,28H,3,8-9,16-17,19-21H2,1H3,(H,30,33). The number of fused-ring (bicyclic) bond motifs is 1. The molecule has 0 aliphatic carbocycles. The van der Waals surface area contributed by atoms with Crippen LogP contribution in [0.4, 0.5) is 5.69 Å². The fourth-order valence-electron chi connectivity index (χ4n) is 4.98. The van der Waals surface area contributed by atoms with Gasteiger partial charge < -0.3 is 10.1 Å². The lowest BCUT2D eigenvalue weighted by atomic mass is 10.0. The van der Waals surface area contributed by atoms with Crippen LogP contribution < -0.4 is 14.4 Å². The normalized spacial score (nSPS) is 18.1. The number of sulfonamides is 1. The van der Waals surface area contributed by atoms with Gasteiger partial charge in [-0.05, 0) is 73.8 Å². The smallest absolute Gasteiger partial charge is 0.264 e. The topological polar surface area (TPSA) is 79.0 Å². The lowest BCUT2D eigenvalue weighted by Gasteiger charge is -2.35. The fourth-order valence-corrected chi connectivity index (χ4v) is 6.47. The molecule has 0 radical (unpaired) electrons. The third kappa shape index (κ3) is 5.65. The predicted octanol–water partition coefficient (Wildman–Crippen LogP) is 4.25. The number of anilines is 1. The summed E-state index contributed by atoms with van der Waals surface area (Å²) in [6.45, 7) is 5.21. The molecule has 0 aromatic heterocycles. The van der Waals surface area contributed by atoms with Crippen molar-refractivity contribution in [1.29, 1.82) is 0 Å². The monoisotopic (exact) mass is 519 g/mol. The highest BCUT2D eigenvalue weighted by molar-refractivity contribution is 7.92. The van der Waals surface area contributed by atoms with Crippen LogP contribution in [0, 0.1) is 6.92 Å². The van der Waals surface area contributed by atoms with Crippen molar-refractivity contribution in [3.63, 3.8) is 0 Å². The second-order valence-corrected chi connectivity index (χ2v) is 11.6. The van der Waals surface area contributed by atoms with E-state index in [0.717, 1.165) is 30.8 Å². The number of aryl methyl sites for hydroxylation is 1. The zero-order valence-electron chi connectivity index (χ0n) is 21.1. The highest BCUT2D eigenvalue weighted by Crippen LogP contribution is 2.37. The summed E-state index contributed by atoms with van der Waals surface area (Å²) in [4.78, 5) is 15.9. The molecule has 37 heavy (non-hydrogen) atoms. The number of hydrogen-bond donors (Lipinski definition) is 1. The van der Waals surface area contributed by atoms with Gasteiger partial charge in [-0.25, -0.2) is 8.42 Å². The lowest BCUT2D eigenvalue weighted by Crippen LogP contribution is -2.50. The Morgan fingerprint density at radius 1 is 0.946 bits per heavy atom. The zero-order valence-corrected chi connectivity index (χ0v) is 21.9. The lowest BCUT2D eigenvalue weighted by molar-refractivity contribution is -0.127. The van der Waals surface area contributed by atoms with E-state index >= 15 is 0 Å². The number of benzene rings is 3. The van der Waals surface area contributed by atoms with Crippen molar-refractivity contribution < 1.29 is 17.9 Å². The maximum absolute atomic E-state index is 13.6. The Hall–Kier alpha value is -3.36. The van der Waals surface area contributed by atoms with E-state index in [0.29, 0.717) is 18.0 Å². The van der Waals surface area contributed by atoms with E-state index < -0.39 is 16.1 Å². The van der Waals surface area contributed by atoms with Crippen LogP contribution in [0.25, 0.3) is 0 Å². The molecule has 1 N–H and O–H groups in total. The van der Waals surface area contributed by atoms with Gasteiger partial charge >= 0.3 is 0 Å². The number of likely N-dealkylation sites (tertiary alicyclic amines) is 1. The van der Waals surface area contributed by atoms with E-state index in [-0.39, 0.29) is 17.3 Å². The number of piperidine rings is 1. The van der Waals surface area contributed by atoms with Crippen LogP contribution in [0.1, 0.15) is 36.0 Å². The quantitative estimate of drug-likeness (QED) is 0.505. The van der Waals surface area contributed by atoms with Crippen molar-refractivity contribution in [3.05, 3.63) is 89.5 Å². The highest BCUT2D eigenvalue weighted by atomic mass is 32.2. The van der Waals surface area contributed by atoms with E-state index in [1.807, 2.05) is 31.2 Å². The van der Waals surface area contributed by atoms with E-state index in [4.69, 9.17) is 4.74 Å². The minimum Gasteiger partial charge on any atom is -0.476 e. The first-order valence-electron chi connectivity index (χ1n) is 12.8. The molecule has 2 heterocycles. The van der Waals surface area contributed by atoms with Gasteiger partial charge in [0.15, 0.2) is 6.10 Å². The third-order valence-electron chi connectivity index (χ3n) is 7.02. The van der Waals surface area contributed by atoms with Crippen LogP contribution in [0.15, 0.2) is 77.7 Å². The van der Waals surface area contributed by atoms with Gasteiger partial charge in [0.2, 0.25) is 0 Å². The second-order valence-electron chi connectivity index (χ2n) is 9.75. The van der Waals surface area contributed by atoms with E-state index in [2.05, 4.69) is 16.3 Å². The van der Waals surface area contributed by atoms with Crippen molar-refractivity contribution in [1.82, 2.24) is 10.2 Å². The fraction of sp³-hybridized carbons (Fsp3) is 0.345. The summed E-state index contributed by atoms with van der Waals surface area (Å²) in [6, 6.07) is 21.8. The SMILES string of the molecule is Cc1ccc2c(c1)N(S(=O)(=O)c1ccccc1)CC(C(=O)NCc1ccccc1CN1CCCCC1)O2. The molecule has 1 fully saturated rings. The maximum Gasteiger partial charge on any atom is 0.264 e. The van der Waals surface area contributed by atoms with Crippen LogP contribution in [-0.4, -0.2) is 45.0 Å². The first-order valence-corrected chi connectivity index (χ1v) is 14.3. The minimum atomic E-state index is -3.88. The first-order chi connectivity index (χ1) is 17.9. The van der Waals surface area contributed by atoms with Crippen LogP contribution >= 0.6 is 0 Å². The van der Waals surface area contributed by atoms with Gasteiger partial charge in [0.25, 0.3) is 15.9 Å². The predicted molar refractivity (Wildman–Crippen MR) is 144 cm³/mol. The maximum atomic E-state index is 13.6. The van der Waals surface area contributed by atoms with Gasteiger partial charge in [0.1, 0.15) is 5.75 Å². The second kappa shape index (κ2) is 10.9. The van der Waals surface area contributed by atoms with Crippen LogP contribution in [0.2, 0.25) is 0 Å². The Kier molecular flexibility index (Phi) is 7.48. The summed E-state index contributed by atoms with van der Waals surface area (Å²) in [5, 5.41) is 3.00. The largest absolute Gasteiger partial charge is 0.476 e. The summed E-state index contributed by atoms with van der Waals surface area (Å²) in [5.41, 5.74) is 3.61. The number of rotatable bonds is 7. The molecule has 8 heteroatoms. The van der Waals surface area contributed by atoms with E-state index in [1.165, 1.54) is 29.1 Å². The molecule has 0 spiro atoms. The molecule has 2 aliphatic heterocycles. The summed E-state index contributed by atoms with van der Waals surface area (Å²) >= 11 is 0. The van der Waals surface area contributed by atoms with Crippen LogP contribution in [0.3, 0.4) is 0 Å². The molecular weight excluding hydrogens is 486 g/mol. The molecule has 1 amide bonds. The number of carbonyl (C=O) groups excluding carboxylic acids is 1. The molecule has 7 nitrogen and oxygen atoms in total. The summed E-state index contributed by atoms with van der Waals surface area (Å²) < 4.78 is 34.5. The van der Waals surface area contributed by atoms with Gasteiger partial charge in [-0.3, -0.25) is 14.0 Å². The van der Waals surface area contributed by atoms with E-state index in [9.17, 15) is 13.2 Å². The van der Waals surface area contributed by atoms with Crippen molar-refractivity contribution in [2.45, 2.75) is 50.3 Å². The Balaban J connectivity index is 1.34. The van der Waals surface area contributed by atoms with Gasteiger partial charge in [0, 0.05) is 13.1 Å². The van der Waals surface area contributed by atoms with Crippen molar-refractivity contribution in [2.24, 2.45) is 0 Å². The van der Waals surface area contributed by atoms with Gasteiger partial charge in [-0.2, -0.15) is 0 Å². The van der Waals surface area contributed by atoms with Gasteiger partial charge in [0.05, 0.1) is 17.1 Å². The van der Waals surface area contributed by atoms with Crippen LogP contribution in [-0.2, 0) is 27.9 Å². The number of amides is 1. The number of nitrogens with one attached hydrogen (secondary N) is 1. The van der Waals surface area contributed by atoms with Gasteiger partial charge in [-0.15, -0.1) is 0 Å². The number of hydrogen-bond acceptors (Lipinski definition) is 5. The number of carbonyl (C=O) groups is 1. The molecule has 194 valence electrons. The Morgan fingerprint density at radius 3 is 2.41 bits per heavy atom. The molecule has 3 aromatic carbocycles. The number of ether oxygens (including phenoxy) is 1. The molecule has 1 unspecified atom stereocenters. The average Bonchev–Trinajstić information content (AvgIpc) is 2.93. The minimum absolute atomic E-state index is 0.102. The molecule has 2 aliphatic rings. The summed E-state index contributed by atoms with van der Waals surface area (Å²) in [7, 11) is -3.88. The zero-order chi connectivity index (χ0) is 25.8. The molecule has 5 rings (SSSR count). The summed E-state index contributed by atoms with van der Waals surface area (Å²) in [6.07, 6.45) is 2.76. The molecule has 1 atom stereocenters. The highest BCUT2D eigenvalue weighted by Gasteiger charge is 2.37. The van der Waals surface area contributed by atoms with Crippen molar-refractivity contribution in [2.75, 3.05) is 23.9 Å². The Morgan fingerprint density at radius 2 is 1.65 bits per heavy atom. The Bertz CT molecular complexity index is 1350. The average molecular weight is 520 g/mol. The van der Waals surface area contributed by atoms with Crippen LogP contribution in [0.5, 0.6) is 5.75 Å². The van der Waals surface area contributed by atoms with Gasteiger partial charge in [-0.1, -0.05) is 55.0 Å². The van der Waals surface area contributed by atoms with E-state index in [1.54, 1.807) is 42.5 Å². The summed E-state index contributed by atoms with van der Waals surface area (Å²) in [5.74, 6) is 0.0364. The van der Waals surface area contributed by atoms with Crippen molar-refractivity contribution >= 4 is 21.6 Å². The molecule has 0 bridgehead atoms. The molecule has 0 saturated carbocycles. The molecule has 3 aromatic rings. The number of nitrogens with zero attached hydrogens (tertiary/aromatic N) is 2. The molecular formula is C29H33N3O4S. The molecule has 1 saturated heterocycles. The third-order valence-corrected chi connectivity index (χ3v) is 8.82. The first kappa shape index (κ1) is 25.3.